The molecule has 0 aromatic heterocycles. The van der Waals surface area contributed by atoms with Crippen LogP contribution in [0, 0.1) is 0 Å². The van der Waals surface area contributed by atoms with Crippen LogP contribution >= 0.6 is 0 Å². The molecule has 0 atom stereocenters. The fourth-order valence-corrected chi connectivity index (χ4v) is 2.39. The third-order valence-electron chi connectivity index (χ3n) is 2.99. The van der Waals surface area contributed by atoms with Gasteiger partial charge in [0.15, 0.2) is 15.4 Å². The molecule has 0 spiro atoms. The zero-order valence-electron chi connectivity index (χ0n) is 11.6. The fraction of sp³-hybridized carbons (Fsp3) is 0.267. The van der Waals surface area contributed by atoms with Gasteiger partial charge in [-0.3, -0.25) is 4.79 Å². The Morgan fingerprint density at radius 1 is 1.10 bits per heavy atom. The predicted molar refractivity (Wildman–Crippen MR) is 76.8 cm³/mol. The van der Waals surface area contributed by atoms with Crippen LogP contribution in [-0.4, -0.2) is 26.1 Å². The van der Waals surface area contributed by atoms with E-state index in [9.17, 15) is 13.2 Å². The highest BCUT2D eigenvalue weighted by Crippen LogP contribution is 2.25. The van der Waals surface area contributed by atoms with Crippen molar-refractivity contribution >= 4 is 21.7 Å². The highest BCUT2D eigenvalue weighted by atomic mass is 32.2. The smallest absolute Gasteiger partial charge is 0.202 e. The van der Waals surface area contributed by atoms with Crippen molar-refractivity contribution in [1.29, 1.82) is 0 Å². The summed E-state index contributed by atoms with van der Waals surface area (Å²) in [6.07, 6.45) is 6.10. The highest BCUT2D eigenvalue weighted by Gasteiger charge is 2.33. The van der Waals surface area contributed by atoms with Crippen molar-refractivity contribution in [2.45, 2.75) is 24.3 Å². The van der Waals surface area contributed by atoms with Crippen molar-refractivity contribution in [1.82, 2.24) is 0 Å². The van der Waals surface area contributed by atoms with Gasteiger partial charge in [0, 0.05) is 12.3 Å². The van der Waals surface area contributed by atoms with E-state index in [1.807, 2.05) is 0 Å². The van der Waals surface area contributed by atoms with Crippen molar-refractivity contribution in [3.05, 3.63) is 47.7 Å². The molecule has 0 saturated carbocycles. The zero-order valence-corrected chi connectivity index (χ0v) is 12.4. The van der Waals surface area contributed by atoms with Gasteiger partial charge in [-0.2, -0.15) is 0 Å². The van der Waals surface area contributed by atoms with Gasteiger partial charge in [0.05, 0.1) is 4.90 Å². The topological polar surface area (TPSA) is 60.4 Å². The minimum absolute atomic E-state index is 0.0652. The van der Waals surface area contributed by atoms with Crippen LogP contribution in [0.15, 0.2) is 47.1 Å². The largest absolute Gasteiger partial charge is 0.480 e. The van der Waals surface area contributed by atoms with Crippen LogP contribution < -0.4 is 0 Å². The standard InChI is InChI=1S/C15H16O4S/c1-15(2)14(16)10-12(19-15)7-4-11-5-8-13(9-6-11)20(3,17)18/h4-10H,1-3H3. The van der Waals surface area contributed by atoms with Crippen molar-refractivity contribution in [3.63, 3.8) is 0 Å². The lowest BCUT2D eigenvalue weighted by molar-refractivity contribution is -0.126. The van der Waals surface area contributed by atoms with Crippen molar-refractivity contribution in [3.8, 4) is 0 Å². The Hall–Kier alpha value is -1.88. The van der Waals surface area contributed by atoms with Crippen LogP contribution in [0.4, 0.5) is 0 Å². The fourth-order valence-electron chi connectivity index (χ4n) is 1.76. The number of sulfone groups is 1. The maximum atomic E-state index is 11.6. The molecule has 0 aliphatic carbocycles. The third kappa shape index (κ3) is 3.17. The lowest BCUT2D eigenvalue weighted by atomic mass is 10.1. The molecule has 0 amide bonds. The zero-order chi connectivity index (χ0) is 15.0. The normalized spacial score (nSPS) is 18.1. The number of carbonyl (C=O) groups excluding carboxylic acids is 1. The van der Waals surface area contributed by atoms with Gasteiger partial charge < -0.3 is 4.74 Å². The van der Waals surface area contributed by atoms with Crippen LogP contribution in [-0.2, 0) is 19.4 Å². The van der Waals surface area contributed by atoms with Gasteiger partial charge in [0.25, 0.3) is 0 Å². The molecule has 1 aromatic carbocycles. The van der Waals surface area contributed by atoms with E-state index in [0.29, 0.717) is 5.76 Å². The van der Waals surface area contributed by atoms with Gasteiger partial charge >= 0.3 is 0 Å². The molecule has 0 saturated heterocycles. The first-order valence-electron chi connectivity index (χ1n) is 6.12. The summed E-state index contributed by atoms with van der Waals surface area (Å²) in [7, 11) is -3.18. The SMILES string of the molecule is CC1(C)OC(C=Cc2ccc(S(C)(=O)=O)cc2)=CC1=O. The van der Waals surface area contributed by atoms with E-state index in [0.717, 1.165) is 5.56 Å². The van der Waals surface area contributed by atoms with E-state index in [-0.39, 0.29) is 10.7 Å². The number of rotatable bonds is 3. The number of benzene rings is 1. The maximum absolute atomic E-state index is 11.6. The average Bonchev–Trinajstić information content (AvgIpc) is 2.60. The average molecular weight is 292 g/mol. The summed E-state index contributed by atoms with van der Waals surface area (Å²) >= 11 is 0. The van der Waals surface area contributed by atoms with Gasteiger partial charge in [-0.05, 0) is 37.6 Å². The minimum Gasteiger partial charge on any atom is -0.480 e. The van der Waals surface area contributed by atoms with Crippen molar-refractivity contribution in [2.24, 2.45) is 0 Å². The summed E-state index contributed by atoms with van der Waals surface area (Å²) in [6, 6.07) is 6.51. The second-order valence-electron chi connectivity index (χ2n) is 5.20. The molecule has 2 rings (SSSR count). The first-order valence-corrected chi connectivity index (χ1v) is 8.01. The van der Waals surface area contributed by atoms with E-state index in [4.69, 9.17) is 4.74 Å². The number of ether oxygens (including phenoxy) is 1. The van der Waals surface area contributed by atoms with E-state index < -0.39 is 15.4 Å². The summed E-state index contributed by atoms with van der Waals surface area (Å²) in [5.74, 6) is 0.441. The van der Waals surface area contributed by atoms with Gasteiger partial charge in [-0.1, -0.05) is 18.2 Å². The summed E-state index contributed by atoms with van der Waals surface area (Å²) in [6.45, 7) is 3.43. The lowest BCUT2D eigenvalue weighted by Crippen LogP contribution is -2.27. The maximum Gasteiger partial charge on any atom is 0.202 e. The Bertz CT molecular complexity index is 692. The number of allylic oxidation sites excluding steroid dienone is 1. The Labute approximate surface area is 118 Å². The molecule has 0 unspecified atom stereocenters. The van der Waals surface area contributed by atoms with Gasteiger partial charge in [0.2, 0.25) is 5.78 Å². The molecule has 0 bridgehead atoms. The molecule has 0 radical (unpaired) electrons. The molecule has 1 aliphatic heterocycles. The van der Waals surface area contributed by atoms with Crippen LogP contribution in [0.5, 0.6) is 0 Å². The molecule has 0 fully saturated rings. The lowest BCUT2D eigenvalue weighted by Gasteiger charge is -2.16. The first kappa shape index (κ1) is 14.5. The van der Waals surface area contributed by atoms with Crippen LogP contribution in [0.3, 0.4) is 0 Å². The summed E-state index contributed by atoms with van der Waals surface area (Å²) < 4.78 is 28.2. The molecule has 1 aromatic rings. The van der Waals surface area contributed by atoms with Crippen LogP contribution in [0.2, 0.25) is 0 Å². The van der Waals surface area contributed by atoms with Crippen LogP contribution in [0.1, 0.15) is 19.4 Å². The Balaban J connectivity index is 2.14. The molecule has 1 aliphatic rings. The van der Waals surface area contributed by atoms with Gasteiger partial charge in [-0.15, -0.1) is 0 Å². The molecule has 4 nitrogen and oxygen atoms in total. The Morgan fingerprint density at radius 2 is 1.70 bits per heavy atom. The number of hydrogen-bond donors (Lipinski definition) is 0. The number of hydrogen-bond acceptors (Lipinski definition) is 4. The molecule has 1 heterocycles. The summed E-state index contributed by atoms with van der Waals surface area (Å²) in [5, 5.41) is 0. The monoisotopic (exact) mass is 292 g/mol. The minimum atomic E-state index is -3.18. The second-order valence-corrected chi connectivity index (χ2v) is 7.21. The third-order valence-corrected chi connectivity index (χ3v) is 4.12. The van der Waals surface area contributed by atoms with Gasteiger partial charge in [0.1, 0.15) is 5.76 Å². The predicted octanol–water partition coefficient (Wildman–Crippen LogP) is 2.37. The molecule has 0 N–H and O–H groups in total. The van der Waals surface area contributed by atoms with Crippen molar-refractivity contribution < 1.29 is 17.9 Å². The molecule has 106 valence electrons. The quantitative estimate of drug-likeness (QED) is 0.858. The summed E-state index contributed by atoms with van der Waals surface area (Å²) in [4.78, 5) is 11.9. The summed E-state index contributed by atoms with van der Waals surface area (Å²) in [5.41, 5.74) is 0.0267. The molecule has 20 heavy (non-hydrogen) atoms. The molecule has 5 heteroatoms. The Morgan fingerprint density at radius 3 is 2.15 bits per heavy atom. The van der Waals surface area contributed by atoms with E-state index >= 15 is 0 Å². The number of ketones is 1. The van der Waals surface area contributed by atoms with Gasteiger partial charge in [-0.25, -0.2) is 8.42 Å². The van der Waals surface area contributed by atoms with Crippen molar-refractivity contribution in [2.75, 3.05) is 6.26 Å². The molecular formula is C15H16O4S. The highest BCUT2D eigenvalue weighted by molar-refractivity contribution is 7.90. The first-order chi connectivity index (χ1) is 9.18. The van der Waals surface area contributed by atoms with Crippen LogP contribution in [0.25, 0.3) is 6.08 Å². The molecular weight excluding hydrogens is 276 g/mol. The van der Waals surface area contributed by atoms with E-state index in [1.165, 1.54) is 12.3 Å². The van der Waals surface area contributed by atoms with E-state index in [2.05, 4.69) is 0 Å². The Kier molecular flexibility index (Phi) is 3.56. The second kappa shape index (κ2) is 4.90. The van der Waals surface area contributed by atoms with E-state index in [1.54, 1.807) is 50.3 Å². The number of carbonyl (C=O) groups is 1.